The molecule has 0 fully saturated rings. The van der Waals surface area contributed by atoms with Gasteiger partial charge >= 0.3 is 5.97 Å². The molecule has 8 heteroatoms. The monoisotopic (exact) mass is 402 g/mol. The number of rotatable bonds is 8. The molecular weight excluding hydrogens is 384 g/mol. The molecule has 1 atom stereocenters. The van der Waals surface area contributed by atoms with Gasteiger partial charge in [0, 0.05) is 15.9 Å². The molecule has 0 aliphatic carbocycles. The Hall–Kier alpha value is -1.54. The van der Waals surface area contributed by atoms with Gasteiger partial charge in [0.15, 0.2) is 6.61 Å². The van der Waals surface area contributed by atoms with E-state index in [9.17, 15) is 14.4 Å². The van der Waals surface area contributed by atoms with E-state index in [0.717, 1.165) is 9.37 Å². The van der Waals surface area contributed by atoms with Crippen molar-refractivity contribution in [1.82, 2.24) is 10.6 Å². The predicted octanol–water partition coefficient (Wildman–Crippen LogP) is 1.73. The molecule has 2 amide bonds. The maximum atomic E-state index is 11.6. The lowest BCUT2D eigenvalue weighted by Crippen LogP contribution is -2.46. The Morgan fingerprint density at radius 1 is 1.26 bits per heavy atom. The summed E-state index contributed by atoms with van der Waals surface area (Å²) in [6.07, 6.45) is 0. The van der Waals surface area contributed by atoms with Crippen molar-refractivity contribution in [3.05, 3.63) is 28.7 Å². The van der Waals surface area contributed by atoms with Crippen molar-refractivity contribution in [1.29, 1.82) is 0 Å². The van der Waals surface area contributed by atoms with Gasteiger partial charge in [0.05, 0.1) is 5.75 Å². The molecular formula is C15H19BrN2O4S. The summed E-state index contributed by atoms with van der Waals surface area (Å²) in [5.41, 5.74) is 0. The van der Waals surface area contributed by atoms with Crippen LogP contribution >= 0.6 is 27.7 Å². The first-order chi connectivity index (χ1) is 10.9. The van der Waals surface area contributed by atoms with Crippen LogP contribution in [0.15, 0.2) is 33.6 Å². The van der Waals surface area contributed by atoms with Crippen molar-refractivity contribution in [2.24, 2.45) is 0 Å². The van der Waals surface area contributed by atoms with Gasteiger partial charge in [-0.1, -0.05) is 15.9 Å². The van der Waals surface area contributed by atoms with E-state index in [1.165, 1.54) is 11.8 Å². The highest BCUT2D eigenvalue weighted by molar-refractivity contribution is 9.10. The van der Waals surface area contributed by atoms with Crippen molar-refractivity contribution in [2.75, 3.05) is 18.9 Å². The number of amides is 2. The minimum atomic E-state index is -0.668. The van der Waals surface area contributed by atoms with Gasteiger partial charge in [-0.05, 0) is 38.1 Å². The highest BCUT2D eigenvalue weighted by atomic mass is 79.9. The summed E-state index contributed by atoms with van der Waals surface area (Å²) in [7, 11) is 0. The van der Waals surface area contributed by atoms with Crippen LogP contribution in [0.1, 0.15) is 13.8 Å². The zero-order chi connectivity index (χ0) is 17.2. The first-order valence-electron chi connectivity index (χ1n) is 7.03. The van der Waals surface area contributed by atoms with Crippen LogP contribution < -0.4 is 10.6 Å². The predicted molar refractivity (Wildman–Crippen MR) is 92.1 cm³/mol. The number of hydrogen-bond donors (Lipinski definition) is 2. The molecule has 126 valence electrons. The third kappa shape index (κ3) is 8.03. The Balaban J connectivity index is 2.25. The number of esters is 1. The largest absolute Gasteiger partial charge is 0.455 e. The summed E-state index contributed by atoms with van der Waals surface area (Å²) >= 11 is 4.65. The molecule has 0 spiro atoms. The third-order valence-electron chi connectivity index (χ3n) is 2.66. The lowest BCUT2D eigenvalue weighted by atomic mass is 10.3. The van der Waals surface area contributed by atoms with Crippen LogP contribution in [0.3, 0.4) is 0 Å². The zero-order valence-electron chi connectivity index (χ0n) is 12.9. The lowest BCUT2D eigenvalue weighted by Gasteiger charge is -2.13. The number of nitrogens with one attached hydrogen (secondary N) is 2. The van der Waals surface area contributed by atoms with Crippen LogP contribution in [0, 0.1) is 0 Å². The average molecular weight is 403 g/mol. The number of halogens is 1. The van der Waals surface area contributed by atoms with Gasteiger partial charge in [0.2, 0.25) is 5.91 Å². The van der Waals surface area contributed by atoms with E-state index in [0.29, 0.717) is 6.54 Å². The smallest absolute Gasteiger partial charge is 0.316 e. The maximum absolute atomic E-state index is 11.6. The minimum absolute atomic E-state index is 0.112. The van der Waals surface area contributed by atoms with Gasteiger partial charge in [-0.2, -0.15) is 0 Å². The summed E-state index contributed by atoms with van der Waals surface area (Å²) in [5.74, 6) is -1.16. The average Bonchev–Trinajstić information content (AvgIpc) is 2.52. The number of ether oxygens (including phenoxy) is 1. The third-order valence-corrected chi connectivity index (χ3v) is 4.17. The molecule has 23 heavy (non-hydrogen) atoms. The van der Waals surface area contributed by atoms with E-state index in [2.05, 4.69) is 26.6 Å². The Morgan fingerprint density at radius 2 is 1.91 bits per heavy atom. The van der Waals surface area contributed by atoms with Crippen LogP contribution in [-0.4, -0.2) is 42.7 Å². The molecule has 0 bridgehead atoms. The molecule has 0 aromatic heterocycles. The fourth-order valence-corrected chi connectivity index (χ4v) is 2.50. The maximum Gasteiger partial charge on any atom is 0.316 e. The molecule has 0 unspecified atom stereocenters. The van der Waals surface area contributed by atoms with Crippen molar-refractivity contribution >= 4 is 45.5 Å². The Morgan fingerprint density at radius 3 is 2.52 bits per heavy atom. The molecule has 0 aliphatic rings. The van der Waals surface area contributed by atoms with E-state index in [4.69, 9.17) is 4.74 Å². The molecule has 1 rings (SSSR count). The van der Waals surface area contributed by atoms with Crippen LogP contribution in [0.25, 0.3) is 0 Å². The molecule has 0 aliphatic heterocycles. The van der Waals surface area contributed by atoms with Gasteiger partial charge in [0.25, 0.3) is 5.91 Å². The van der Waals surface area contributed by atoms with Crippen LogP contribution in [-0.2, 0) is 19.1 Å². The molecule has 0 saturated heterocycles. The van der Waals surface area contributed by atoms with Crippen LogP contribution in [0.2, 0.25) is 0 Å². The molecule has 0 heterocycles. The van der Waals surface area contributed by atoms with Crippen LogP contribution in [0.5, 0.6) is 0 Å². The first-order valence-corrected chi connectivity index (χ1v) is 8.81. The van der Waals surface area contributed by atoms with Gasteiger partial charge in [-0.25, -0.2) is 0 Å². The number of likely N-dealkylation sites (N-methyl/N-ethyl adjacent to an activating group) is 1. The Bertz CT molecular complexity index is 551. The van der Waals surface area contributed by atoms with Gasteiger partial charge in [-0.15, -0.1) is 11.8 Å². The topological polar surface area (TPSA) is 84.5 Å². The Labute approximate surface area is 147 Å². The summed E-state index contributed by atoms with van der Waals surface area (Å²) in [5, 5.41) is 5.05. The summed E-state index contributed by atoms with van der Waals surface area (Å²) in [6.45, 7) is 3.44. The number of carbonyl (C=O) groups is 3. The SMILES string of the molecule is CCNC(=O)[C@@H](C)NC(=O)COC(=O)CSc1ccc(Br)cc1. The molecule has 0 saturated carbocycles. The van der Waals surface area contributed by atoms with E-state index in [1.54, 1.807) is 13.8 Å². The fraction of sp³-hybridized carbons (Fsp3) is 0.400. The minimum Gasteiger partial charge on any atom is -0.455 e. The second-order valence-electron chi connectivity index (χ2n) is 4.59. The number of hydrogen-bond acceptors (Lipinski definition) is 5. The van der Waals surface area contributed by atoms with Crippen molar-refractivity contribution in [2.45, 2.75) is 24.8 Å². The molecule has 1 aromatic rings. The molecule has 1 aromatic carbocycles. The van der Waals surface area contributed by atoms with Crippen molar-refractivity contribution in [3.8, 4) is 0 Å². The second kappa shape index (κ2) is 10.3. The highest BCUT2D eigenvalue weighted by Crippen LogP contribution is 2.20. The van der Waals surface area contributed by atoms with E-state index in [-0.39, 0.29) is 11.7 Å². The zero-order valence-corrected chi connectivity index (χ0v) is 15.3. The van der Waals surface area contributed by atoms with E-state index < -0.39 is 24.5 Å². The van der Waals surface area contributed by atoms with Crippen LogP contribution in [0.4, 0.5) is 0 Å². The lowest BCUT2D eigenvalue weighted by molar-refractivity contribution is -0.146. The normalized spacial score (nSPS) is 11.4. The van der Waals surface area contributed by atoms with E-state index in [1.807, 2.05) is 24.3 Å². The number of thioether (sulfide) groups is 1. The van der Waals surface area contributed by atoms with Gasteiger partial charge in [-0.3, -0.25) is 14.4 Å². The fourth-order valence-electron chi connectivity index (χ4n) is 1.54. The summed E-state index contributed by atoms with van der Waals surface area (Å²) in [6, 6.07) is 6.84. The highest BCUT2D eigenvalue weighted by Gasteiger charge is 2.15. The summed E-state index contributed by atoms with van der Waals surface area (Å²) < 4.78 is 5.84. The standard InChI is InChI=1S/C15H19BrN2O4S/c1-3-17-15(21)10(2)18-13(19)8-22-14(20)9-23-12-6-4-11(16)5-7-12/h4-7,10H,3,8-9H2,1-2H3,(H,17,21)(H,18,19)/t10-/m1/s1. The number of benzene rings is 1. The van der Waals surface area contributed by atoms with Crippen molar-refractivity contribution in [3.63, 3.8) is 0 Å². The molecule has 0 radical (unpaired) electrons. The summed E-state index contributed by atoms with van der Waals surface area (Å²) in [4.78, 5) is 35.6. The van der Waals surface area contributed by atoms with Gasteiger partial charge in [0.1, 0.15) is 6.04 Å². The van der Waals surface area contributed by atoms with E-state index >= 15 is 0 Å². The van der Waals surface area contributed by atoms with Crippen molar-refractivity contribution < 1.29 is 19.1 Å². The Kier molecular flexibility index (Phi) is 8.71. The number of carbonyl (C=O) groups excluding carboxylic acids is 3. The molecule has 2 N–H and O–H groups in total. The second-order valence-corrected chi connectivity index (χ2v) is 6.55. The quantitative estimate of drug-likeness (QED) is 0.510. The molecule has 6 nitrogen and oxygen atoms in total. The first kappa shape index (κ1) is 19.5. The van der Waals surface area contributed by atoms with Gasteiger partial charge < -0.3 is 15.4 Å².